The summed E-state index contributed by atoms with van der Waals surface area (Å²) in [6, 6.07) is 7.52. The van der Waals surface area contributed by atoms with E-state index in [1.807, 2.05) is 24.3 Å². The molecular formula is C15H19ClO2. The van der Waals surface area contributed by atoms with Crippen LogP contribution in [0.1, 0.15) is 37.9 Å². The van der Waals surface area contributed by atoms with Crippen molar-refractivity contribution in [2.45, 2.75) is 37.9 Å². The maximum atomic E-state index is 10.6. The molecule has 2 aliphatic rings. The summed E-state index contributed by atoms with van der Waals surface area (Å²) in [5.74, 6) is 0.897. The first-order chi connectivity index (χ1) is 8.61. The van der Waals surface area contributed by atoms with Crippen LogP contribution >= 0.6 is 11.6 Å². The molecule has 3 rings (SSSR count). The van der Waals surface area contributed by atoms with Crippen molar-refractivity contribution >= 4 is 11.6 Å². The van der Waals surface area contributed by atoms with Crippen molar-refractivity contribution < 1.29 is 9.84 Å². The van der Waals surface area contributed by atoms with E-state index in [2.05, 4.69) is 6.92 Å². The number of aliphatic hydroxyl groups excluding tert-OH is 1. The molecule has 1 unspecified atom stereocenters. The number of rotatable bonds is 2. The van der Waals surface area contributed by atoms with Crippen LogP contribution in [0.3, 0.4) is 0 Å². The van der Waals surface area contributed by atoms with Crippen molar-refractivity contribution in [3.63, 3.8) is 0 Å². The Kier molecular flexibility index (Phi) is 3.13. The summed E-state index contributed by atoms with van der Waals surface area (Å²) in [4.78, 5) is 0. The van der Waals surface area contributed by atoms with Crippen LogP contribution in [-0.4, -0.2) is 17.3 Å². The predicted octanol–water partition coefficient (Wildman–Crippen LogP) is 3.58. The fourth-order valence-corrected chi connectivity index (χ4v) is 3.33. The number of hydrogen-bond donors (Lipinski definition) is 1. The Balaban J connectivity index is 1.82. The molecule has 1 heterocycles. The minimum Gasteiger partial charge on any atom is -0.388 e. The van der Waals surface area contributed by atoms with E-state index in [0.29, 0.717) is 10.9 Å². The van der Waals surface area contributed by atoms with Crippen LogP contribution in [0.15, 0.2) is 24.3 Å². The van der Waals surface area contributed by atoms with Gasteiger partial charge in [-0.05, 0) is 42.9 Å². The van der Waals surface area contributed by atoms with Crippen LogP contribution in [0.2, 0.25) is 5.02 Å². The molecule has 1 aliphatic carbocycles. The van der Waals surface area contributed by atoms with Gasteiger partial charge in [0.15, 0.2) is 0 Å². The van der Waals surface area contributed by atoms with Gasteiger partial charge in [-0.1, -0.05) is 30.7 Å². The van der Waals surface area contributed by atoms with E-state index in [9.17, 15) is 5.11 Å². The summed E-state index contributed by atoms with van der Waals surface area (Å²) in [6.45, 7) is 3.08. The number of halogens is 1. The lowest BCUT2D eigenvalue weighted by atomic mass is 9.71. The highest BCUT2D eigenvalue weighted by Gasteiger charge is 2.55. The average Bonchev–Trinajstić information content (AvgIpc) is 3.13. The maximum absolute atomic E-state index is 10.6. The topological polar surface area (TPSA) is 32.8 Å². The highest BCUT2D eigenvalue weighted by Crippen LogP contribution is 2.52. The summed E-state index contributed by atoms with van der Waals surface area (Å²) in [6.07, 6.45) is 2.91. The zero-order valence-corrected chi connectivity index (χ0v) is 11.4. The first-order valence-corrected chi connectivity index (χ1v) is 7.06. The summed E-state index contributed by atoms with van der Waals surface area (Å²) < 4.78 is 5.68. The molecule has 0 aromatic heterocycles. The number of epoxide rings is 1. The molecule has 2 fully saturated rings. The van der Waals surface area contributed by atoms with Gasteiger partial charge in [0.1, 0.15) is 0 Å². The van der Waals surface area contributed by atoms with Crippen molar-refractivity contribution in [3.05, 3.63) is 34.9 Å². The Morgan fingerprint density at radius 2 is 2.06 bits per heavy atom. The molecule has 1 aromatic rings. The summed E-state index contributed by atoms with van der Waals surface area (Å²) in [5, 5.41) is 11.3. The average molecular weight is 267 g/mol. The highest BCUT2D eigenvalue weighted by atomic mass is 35.5. The molecule has 18 heavy (non-hydrogen) atoms. The van der Waals surface area contributed by atoms with E-state index < -0.39 is 6.10 Å². The third-order valence-corrected chi connectivity index (χ3v) is 4.75. The van der Waals surface area contributed by atoms with E-state index in [0.717, 1.165) is 25.0 Å². The molecule has 0 bridgehead atoms. The van der Waals surface area contributed by atoms with Gasteiger partial charge in [0, 0.05) is 10.9 Å². The second-order valence-electron chi connectivity index (χ2n) is 5.84. The number of benzene rings is 1. The second kappa shape index (κ2) is 4.52. The maximum Gasteiger partial charge on any atom is 0.0972 e. The molecule has 0 radical (unpaired) electrons. The zero-order chi connectivity index (χ0) is 12.8. The molecule has 4 atom stereocenters. The van der Waals surface area contributed by atoms with Gasteiger partial charge in [0.2, 0.25) is 0 Å². The van der Waals surface area contributed by atoms with Crippen molar-refractivity contribution in [2.24, 2.45) is 11.8 Å². The summed E-state index contributed by atoms with van der Waals surface area (Å²) in [5.41, 5.74) is 0.916. The van der Waals surface area contributed by atoms with Gasteiger partial charge in [-0.2, -0.15) is 0 Å². The van der Waals surface area contributed by atoms with Crippen LogP contribution < -0.4 is 0 Å². The quantitative estimate of drug-likeness (QED) is 0.830. The third-order valence-electron chi connectivity index (χ3n) is 4.50. The van der Waals surface area contributed by atoms with Crippen LogP contribution in [0.25, 0.3) is 0 Å². The van der Waals surface area contributed by atoms with Gasteiger partial charge < -0.3 is 9.84 Å². The molecule has 2 nitrogen and oxygen atoms in total. The molecule has 1 N–H and O–H groups in total. The van der Waals surface area contributed by atoms with Crippen LogP contribution in [0.5, 0.6) is 0 Å². The lowest BCUT2D eigenvalue weighted by Gasteiger charge is -2.36. The zero-order valence-electron chi connectivity index (χ0n) is 10.6. The molecule has 1 spiro atoms. The van der Waals surface area contributed by atoms with E-state index in [-0.39, 0.29) is 11.5 Å². The molecule has 1 aliphatic heterocycles. The van der Waals surface area contributed by atoms with Crippen molar-refractivity contribution in [2.75, 3.05) is 6.61 Å². The van der Waals surface area contributed by atoms with E-state index in [1.165, 1.54) is 6.42 Å². The molecular weight excluding hydrogens is 248 g/mol. The Labute approximate surface area is 113 Å². The van der Waals surface area contributed by atoms with Gasteiger partial charge in [-0.3, -0.25) is 0 Å². The normalized spacial score (nSPS) is 36.6. The van der Waals surface area contributed by atoms with Gasteiger partial charge in [0.05, 0.1) is 18.3 Å². The standard InChI is InChI=1S/C15H19ClO2/c1-10-6-7-15(9-18-15)13(8-10)14(17)11-2-4-12(16)5-3-11/h2-5,10,13-14,17H,6-9H2,1H3/t10?,13-,14+,15-/m0/s1. The minimum absolute atomic E-state index is 0.0361. The lowest BCUT2D eigenvalue weighted by molar-refractivity contribution is 0.0124. The Morgan fingerprint density at radius 3 is 2.67 bits per heavy atom. The van der Waals surface area contributed by atoms with Gasteiger partial charge in [-0.15, -0.1) is 0 Å². The Bertz CT molecular complexity index is 425. The van der Waals surface area contributed by atoms with Gasteiger partial charge in [-0.25, -0.2) is 0 Å². The lowest BCUT2D eigenvalue weighted by Crippen LogP contribution is -2.36. The first kappa shape index (κ1) is 12.5. The van der Waals surface area contributed by atoms with E-state index >= 15 is 0 Å². The Hall–Kier alpha value is -0.570. The number of ether oxygens (including phenoxy) is 1. The molecule has 98 valence electrons. The fourth-order valence-electron chi connectivity index (χ4n) is 3.20. The largest absolute Gasteiger partial charge is 0.388 e. The van der Waals surface area contributed by atoms with Crippen molar-refractivity contribution in [3.8, 4) is 0 Å². The molecule has 0 amide bonds. The Morgan fingerprint density at radius 1 is 1.39 bits per heavy atom. The third kappa shape index (κ3) is 2.18. The summed E-state index contributed by atoms with van der Waals surface area (Å²) >= 11 is 5.89. The highest BCUT2D eigenvalue weighted by molar-refractivity contribution is 6.30. The van der Waals surface area contributed by atoms with E-state index in [4.69, 9.17) is 16.3 Å². The number of aliphatic hydroxyl groups is 1. The number of hydrogen-bond acceptors (Lipinski definition) is 2. The molecule has 1 saturated carbocycles. The summed E-state index contributed by atoms with van der Waals surface area (Å²) in [7, 11) is 0. The first-order valence-electron chi connectivity index (χ1n) is 6.68. The predicted molar refractivity (Wildman–Crippen MR) is 71.6 cm³/mol. The van der Waals surface area contributed by atoms with E-state index in [1.54, 1.807) is 0 Å². The van der Waals surface area contributed by atoms with Crippen molar-refractivity contribution in [1.82, 2.24) is 0 Å². The van der Waals surface area contributed by atoms with Gasteiger partial charge in [0.25, 0.3) is 0 Å². The van der Waals surface area contributed by atoms with Crippen LogP contribution in [0, 0.1) is 11.8 Å². The molecule has 1 saturated heterocycles. The van der Waals surface area contributed by atoms with Crippen LogP contribution in [0.4, 0.5) is 0 Å². The smallest absolute Gasteiger partial charge is 0.0972 e. The SMILES string of the molecule is CC1CC[C@]2(CO2)[C@H]([C@H](O)c2ccc(Cl)cc2)C1. The molecule has 1 aromatic carbocycles. The van der Waals surface area contributed by atoms with Gasteiger partial charge >= 0.3 is 0 Å². The van der Waals surface area contributed by atoms with Crippen molar-refractivity contribution in [1.29, 1.82) is 0 Å². The molecule has 3 heteroatoms. The monoisotopic (exact) mass is 266 g/mol. The minimum atomic E-state index is -0.437. The fraction of sp³-hybridized carbons (Fsp3) is 0.600. The van der Waals surface area contributed by atoms with Crippen LogP contribution in [-0.2, 0) is 4.74 Å². The second-order valence-corrected chi connectivity index (χ2v) is 6.27.